The van der Waals surface area contributed by atoms with E-state index in [1.165, 1.54) is 17.2 Å². The number of carboxylic acid groups (broad SMARTS) is 1. The van der Waals surface area contributed by atoms with E-state index in [1.54, 1.807) is 36.6 Å². The highest BCUT2D eigenvalue weighted by molar-refractivity contribution is 6.30. The fourth-order valence-electron chi connectivity index (χ4n) is 4.63. The highest BCUT2D eigenvalue weighted by atomic mass is 35.5. The summed E-state index contributed by atoms with van der Waals surface area (Å²) in [5, 5.41) is 8.97. The number of nitrogens with zero attached hydrogens (tertiary/aromatic N) is 2. The molecule has 0 heterocycles. The molecule has 0 bridgehead atoms. The molecular weight excluding hydrogens is 635 g/mol. The van der Waals surface area contributed by atoms with Crippen molar-refractivity contribution in [1.29, 1.82) is 0 Å². The van der Waals surface area contributed by atoms with Gasteiger partial charge in [-0.2, -0.15) is 0 Å². The maximum Gasteiger partial charge on any atom is 0.335 e. The van der Waals surface area contributed by atoms with Crippen LogP contribution in [0.4, 0.5) is 4.39 Å². The molecule has 0 aromatic heterocycles. The third kappa shape index (κ3) is 17.5. The van der Waals surface area contributed by atoms with Crippen molar-refractivity contribution in [3.05, 3.63) is 118 Å². The first-order chi connectivity index (χ1) is 23.1. The Hall–Kier alpha value is -3.77. The van der Waals surface area contributed by atoms with Crippen LogP contribution < -0.4 is 0 Å². The first-order valence-electron chi connectivity index (χ1n) is 17.2. The van der Waals surface area contributed by atoms with Crippen LogP contribution in [0.1, 0.15) is 121 Å². The van der Waals surface area contributed by atoms with E-state index >= 15 is 0 Å². The Labute approximate surface area is 301 Å². The van der Waals surface area contributed by atoms with Crippen LogP contribution in [0.5, 0.6) is 0 Å². The molecule has 270 valence electrons. The lowest BCUT2D eigenvalue weighted by Crippen LogP contribution is -2.10. The summed E-state index contributed by atoms with van der Waals surface area (Å²) in [6, 6.07) is 9.69. The van der Waals surface area contributed by atoms with Crippen molar-refractivity contribution in [3.8, 4) is 0 Å². The summed E-state index contributed by atoms with van der Waals surface area (Å²) in [4.78, 5) is 19.1. The van der Waals surface area contributed by atoms with Crippen molar-refractivity contribution < 1.29 is 19.0 Å². The second-order valence-corrected chi connectivity index (χ2v) is 12.7. The van der Waals surface area contributed by atoms with Crippen molar-refractivity contribution in [3.63, 3.8) is 0 Å². The molecule has 0 aliphatic heterocycles. The Kier molecular flexibility index (Phi) is 22.5. The number of hydrogen-bond acceptors (Lipinski definition) is 4. The maximum atomic E-state index is 13.9. The monoisotopic (exact) mass is 694 g/mol. The first-order valence-corrected chi connectivity index (χ1v) is 17.6. The van der Waals surface area contributed by atoms with Crippen LogP contribution in [0.2, 0.25) is 5.02 Å². The number of carboxylic acids is 1. The Bertz CT molecular complexity index is 1470. The molecule has 2 unspecified atom stereocenters. The third-order valence-electron chi connectivity index (χ3n) is 8.30. The van der Waals surface area contributed by atoms with Crippen molar-refractivity contribution >= 4 is 29.7 Å². The highest BCUT2D eigenvalue weighted by Crippen LogP contribution is 2.62. The second kappa shape index (κ2) is 24.4. The van der Waals surface area contributed by atoms with Crippen LogP contribution in [0.3, 0.4) is 0 Å². The van der Waals surface area contributed by atoms with Crippen molar-refractivity contribution in [2.45, 2.75) is 114 Å². The van der Waals surface area contributed by atoms with Gasteiger partial charge < -0.3 is 9.84 Å². The van der Waals surface area contributed by atoms with Crippen molar-refractivity contribution in [2.24, 2.45) is 21.3 Å². The van der Waals surface area contributed by atoms with Gasteiger partial charge in [-0.25, -0.2) is 14.2 Å². The minimum Gasteiger partial charge on any atom is -0.478 e. The number of halogens is 2. The number of aromatic carboxylic acids is 1. The predicted molar refractivity (Wildman–Crippen MR) is 210 cm³/mol. The summed E-state index contributed by atoms with van der Waals surface area (Å²) in [7, 11) is 0. The second-order valence-electron chi connectivity index (χ2n) is 12.3. The lowest BCUT2D eigenvalue weighted by molar-refractivity contribution is 0.0696. The van der Waals surface area contributed by atoms with Gasteiger partial charge in [-0.05, 0) is 115 Å². The molecule has 2 aromatic carbocycles. The summed E-state index contributed by atoms with van der Waals surface area (Å²) in [5.74, 6) is -0.113. The minimum atomic E-state index is -0.867. The Balaban J connectivity index is 0.000000785. The molecule has 1 N–H and O–H groups in total. The molecule has 2 aromatic rings. The number of allylic oxidation sites excluding steroid dienone is 4. The summed E-state index contributed by atoms with van der Waals surface area (Å²) in [5.41, 5.74) is 6.52. The smallest absolute Gasteiger partial charge is 0.335 e. The minimum absolute atomic E-state index is 0.109. The van der Waals surface area contributed by atoms with Gasteiger partial charge in [0.05, 0.1) is 5.56 Å². The van der Waals surface area contributed by atoms with Gasteiger partial charge in [0.1, 0.15) is 12.4 Å². The van der Waals surface area contributed by atoms with Crippen LogP contribution >= 0.6 is 11.6 Å². The van der Waals surface area contributed by atoms with Crippen LogP contribution in [0, 0.1) is 31.0 Å². The summed E-state index contributed by atoms with van der Waals surface area (Å²) >= 11 is 5.79. The van der Waals surface area contributed by atoms with E-state index in [4.69, 9.17) is 21.4 Å². The van der Waals surface area contributed by atoms with E-state index in [-0.39, 0.29) is 17.8 Å². The fourth-order valence-corrected chi connectivity index (χ4v) is 4.79. The molecule has 0 amide bonds. The number of rotatable bonds is 12. The van der Waals surface area contributed by atoms with E-state index in [2.05, 4.69) is 57.8 Å². The van der Waals surface area contributed by atoms with E-state index in [0.29, 0.717) is 28.0 Å². The van der Waals surface area contributed by atoms with Gasteiger partial charge >= 0.3 is 5.97 Å². The Morgan fingerprint density at radius 1 is 1.06 bits per heavy atom. The largest absolute Gasteiger partial charge is 0.478 e. The van der Waals surface area contributed by atoms with E-state index < -0.39 is 5.97 Å². The molecule has 49 heavy (non-hydrogen) atoms. The molecule has 5 nitrogen and oxygen atoms in total. The average Bonchev–Trinajstić information content (AvgIpc) is 3.79. The quantitative estimate of drug-likeness (QED) is 0.136. The molecular formula is C42H60ClFN2O3. The summed E-state index contributed by atoms with van der Waals surface area (Å²) in [6.07, 6.45) is 14.0. The van der Waals surface area contributed by atoms with Gasteiger partial charge in [0.15, 0.2) is 0 Å². The molecule has 2 atom stereocenters. The summed E-state index contributed by atoms with van der Waals surface area (Å²) in [6.45, 7) is 28.4. The summed E-state index contributed by atoms with van der Waals surface area (Å²) < 4.78 is 19.7. The van der Waals surface area contributed by atoms with Crippen LogP contribution in [0.25, 0.3) is 0 Å². The van der Waals surface area contributed by atoms with Crippen LogP contribution in [-0.4, -0.2) is 23.2 Å². The number of hydrogen-bond donors (Lipinski definition) is 1. The van der Waals surface area contributed by atoms with Gasteiger partial charge in [0, 0.05) is 34.1 Å². The number of benzene rings is 2. The van der Waals surface area contributed by atoms with Gasteiger partial charge in [-0.3, -0.25) is 4.99 Å². The van der Waals surface area contributed by atoms with Gasteiger partial charge in [-0.15, -0.1) is 6.58 Å². The fraction of sp³-hybridized carbons (Fsp3) is 0.452. The molecule has 3 rings (SSSR count). The molecule has 0 spiro atoms. The molecule has 1 saturated carbocycles. The Morgan fingerprint density at radius 2 is 1.71 bits per heavy atom. The normalized spacial score (nSPS) is 16.9. The zero-order chi connectivity index (χ0) is 37.6. The molecule has 1 fully saturated rings. The standard InChI is InChI=1S/C21H27ClFNO.C9H10O2.C7H13N.C5H10/c1-5-8-20(25-14-16-9-10-18(22)12-19(16)23)24-15(4)21(11-6-2)13-17(21)7-3;1-6-3-4-8(9(10)11)5-7(6)2;1-4-7(3)6-8-5-2;1-4-5(2)3/h5,8-10,12,17H,4,6-7,11,13-14H2,1-3H3;3-5H,1-2H3,(H,10,11);5-6H,4H2,1-3H3;2,4H2,1,3H3/b8-5-,24-20?;;7-6+,8-5?;. The average molecular weight is 695 g/mol. The molecule has 7 heteroatoms. The van der Waals surface area contributed by atoms with E-state index in [0.717, 1.165) is 55.3 Å². The van der Waals surface area contributed by atoms with Gasteiger partial charge in [0.25, 0.3) is 0 Å². The zero-order valence-corrected chi connectivity index (χ0v) is 32.4. The third-order valence-corrected chi connectivity index (χ3v) is 8.53. The lowest BCUT2D eigenvalue weighted by atomic mass is 9.93. The maximum absolute atomic E-state index is 13.9. The molecule has 0 saturated heterocycles. The lowest BCUT2D eigenvalue weighted by Gasteiger charge is -2.17. The zero-order valence-electron chi connectivity index (χ0n) is 31.6. The van der Waals surface area contributed by atoms with Gasteiger partial charge in [-0.1, -0.05) is 88.1 Å². The van der Waals surface area contributed by atoms with Crippen molar-refractivity contribution in [1.82, 2.24) is 0 Å². The Morgan fingerprint density at radius 3 is 2.16 bits per heavy atom. The predicted octanol–water partition coefficient (Wildman–Crippen LogP) is 13.1. The number of aryl methyl sites for hydroxylation is 2. The van der Waals surface area contributed by atoms with E-state index in [1.807, 2.05) is 53.0 Å². The number of carbonyl (C=O) groups is 1. The number of ether oxygens (including phenoxy) is 1. The van der Waals surface area contributed by atoms with Gasteiger partial charge in [0.2, 0.25) is 5.90 Å². The molecule has 1 aliphatic rings. The SMILES string of the molecule is C=C(C)CC.C=C(N=C(/C=C\C)OCc1ccc(Cl)cc1F)C1(CCC)CC1CC.CC=N/C=C(\C)CC.Cc1ccc(C(=O)O)cc1C. The topological polar surface area (TPSA) is 71.2 Å². The number of aliphatic imine (C=N–C) groups is 2. The van der Waals surface area contributed by atoms with Crippen LogP contribution in [-0.2, 0) is 11.3 Å². The van der Waals surface area contributed by atoms with E-state index in [9.17, 15) is 9.18 Å². The van der Waals surface area contributed by atoms with Crippen LogP contribution in [0.15, 0.2) is 94.7 Å². The first kappa shape index (κ1) is 45.2. The van der Waals surface area contributed by atoms with Crippen molar-refractivity contribution in [2.75, 3.05) is 0 Å². The molecule has 1 aliphatic carbocycles. The molecule has 0 radical (unpaired) electrons. The highest BCUT2D eigenvalue weighted by Gasteiger charge is 2.54.